The summed E-state index contributed by atoms with van der Waals surface area (Å²) in [6.07, 6.45) is 5.06. The molecule has 1 aromatic heterocycles. The van der Waals surface area contributed by atoms with Crippen molar-refractivity contribution in [1.82, 2.24) is 4.98 Å². The van der Waals surface area contributed by atoms with Gasteiger partial charge >= 0.3 is 5.97 Å². The highest BCUT2D eigenvalue weighted by Gasteiger charge is 2.49. The average molecular weight is 341 g/mol. The number of aromatic nitrogens is 1. The number of ether oxygens (including phenoxy) is 1. The molecular weight excluding hydrogens is 314 g/mol. The minimum Gasteiger partial charge on any atom is -0.466 e. The summed E-state index contributed by atoms with van der Waals surface area (Å²) in [6.45, 7) is 7.70. The van der Waals surface area contributed by atoms with Crippen molar-refractivity contribution in [2.45, 2.75) is 52.9 Å². The molecule has 1 fully saturated rings. The van der Waals surface area contributed by atoms with Crippen LogP contribution in [0.2, 0.25) is 0 Å². The predicted octanol–water partition coefficient (Wildman–Crippen LogP) is 3.25. The lowest BCUT2D eigenvalue weighted by atomic mass is 9.76. The van der Waals surface area contributed by atoms with Crippen molar-refractivity contribution in [2.24, 2.45) is 11.3 Å². The monoisotopic (exact) mass is 341 g/mol. The molecule has 2 heterocycles. The van der Waals surface area contributed by atoms with Crippen LogP contribution >= 0.6 is 0 Å². The molecule has 0 spiro atoms. The number of carbonyl (C=O) groups is 1. The summed E-state index contributed by atoms with van der Waals surface area (Å²) in [6, 6.07) is 4.32. The van der Waals surface area contributed by atoms with Crippen molar-refractivity contribution < 1.29 is 9.53 Å². The minimum absolute atomic E-state index is 0.121. The Morgan fingerprint density at radius 2 is 2.20 bits per heavy atom. The van der Waals surface area contributed by atoms with Gasteiger partial charge in [-0.05, 0) is 56.6 Å². The summed E-state index contributed by atoms with van der Waals surface area (Å²) in [7, 11) is 0. The van der Waals surface area contributed by atoms with E-state index < -0.39 is 5.41 Å². The molecule has 1 unspecified atom stereocenters. The first-order chi connectivity index (χ1) is 12.0. The molecule has 25 heavy (non-hydrogen) atoms. The zero-order chi connectivity index (χ0) is 18.0. The maximum atomic E-state index is 12.6. The van der Waals surface area contributed by atoms with Crippen molar-refractivity contribution in [3.05, 3.63) is 22.9 Å². The van der Waals surface area contributed by atoms with E-state index in [1.54, 1.807) is 0 Å². The third-order valence-electron chi connectivity index (χ3n) is 5.79. The summed E-state index contributed by atoms with van der Waals surface area (Å²) in [5.41, 5.74) is 2.45. The zero-order valence-electron chi connectivity index (χ0n) is 15.5. The highest BCUT2D eigenvalue weighted by Crippen LogP contribution is 2.41. The molecule has 0 bridgehead atoms. The summed E-state index contributed by atoms with van der Waals surface area (Å²) in [5.74, 6) is 0.804. The van der Waals surface area contributed by atoms with Crippen molar-refractivity contribution in [3.63, 3.8) is 0 Å². The molecule has 1 saturated heterocycles. The maximum absolute atomic E-state index is 12.6. The average Bonchev–Trinajstić information content (AvgIpc) is 3.07. The Labute approximate surface area is 150 Å². The standard InChI is InChI=1S/C20H27N3O2/c1-4-25-19(24)20(14(2)3)9-10-23(13-20)18-16(12-21)11-15-7-5-6-8-17(15)22-18/h11,14H,4-10,13H2,1-3H3. The second kappa shape index (κ2) is 7.03. The molecule has 5 nitrogen and oxygen atoms in total. The van der Waals surface area contributed by atoms with E-state index in [0.29, 0.717) is 18.7 Å². The fraction of sp³-hybridized carbons (Fsp3) is 0.650. The molecule has 0 amide bonds. The molecule has 0 N–H and O–H groups in total. The number of nitriles is 1. The molecule has 1 aliphatic carbocycles. The van der Waals surface area contributed by atoms with Gasteiger partial charge in [-0.2, -0.15) is 5.26 Å². The Bertz CT molecular complexity index is 708. The number of fused-ring (bicyclic) bond motifs is 1. The Morgan fingerprint density at radius 1 is 1.44 bits per heavy atom. The third-order valence-corrected chi connectivity index (χ3v) is 5.79. The van der Waals surface area contributed by atoms with Crippen LogP contribution in [0.5, 0.6) is 0 Å². The molecule has 5 heteroatoms. The first-order valence-corrected chi connectivity index (χ1v) is 9.37. The van der Waals surface area contributed by atoms with Gasteiger partial charge in [0.2, 0.25) is 0 Å². The molecule has 0 saturated carbocycles. The molecule has 0 aromatic carbocycles. The van der Waals surface area contributed by atoms with Crippen LogP contribution in [0.15, 0.2) is 6.07 Å². The molecule has 1 aliphatic heterocycles. The second-order valence-electron chi connectivity index (χ2n) is 7.49. The van der Waals surface area contributed by atoms with Crippen LogP contribution in [0.3, 0.4) is 0 Å². The van der Waals surface area contributed by atoms with Crippen molar-refractivity contribution in [2.75, 3.05) is 24.6 Å². The van der Waals surface area contributed by atoms with Crippen LogP contribution in [0.25, 0.3) is 0 Å². The Hall–Kier alpha value is -2.09. The van der Waals surface area contributed by atoms with Crippen LogP contribution in [0.1, 0.15) is 56.9 Å². The number of hydrogen-bond acceptors (Lipinski definition) is 5. The second-order valence-corrected chi connectivity index (χ2v) is 7.49. The molecule has 1 aromatic rings. The lowest BCUT2D eigenvalue weighted by Crippen LogP contribution is -2.41. The summed E-state index contributed by atoms with van der Waals surface area (Å²) in [4.78, 5) is 19.6. The zero-order valence-corrected chi connectivity index (χ0v) is 15.5. The van der Waals surface area contributed by atoms with E-state index in [0.717, 1.165) is 43.7 Å². The first-order valence-electron chi connectivity index (χ1n) is 9.37. The van der Waals surface area contributed by atoms with Crippen molar-refractivity contribution in [1.29, 1.82) is 5.26 Å². The minimum atomic E-state index is -0.514. The maximum Gasteiger partial charge on any atom is 0.314 e. The first kappa shape index (κ1) is 17.7. The van der Waals surface area contributed by atoms with Gasteiger partial charge < -0.3 is 9.64 Å². The summed E-state index contributed by atoms with van der Waals surface area (Å²) >= 11 is 0. The summed E-state index contributed by atoms with van der Waals surface area (Å²) < 4.78 is 5.37. The van der Waals surface area contributed by atoms with Crippen LogP contribution in [0.4, 0.5) is 5.82 Å². The van der Waals surface area contributed by atoms with Crippen LogP contribution in [-0.4, -0.2) is 30.6 Å². The third kappa shape index (κ3) is 3.10. The van der Waals surface area contributed by atoms with Gasteiger partial charge in [-0.3, -0.25) is 4.79 Å². The Balaban J connectivity index is 1.93. The van der Waals surface area contributed by atoms with Gasteiger partial charge in [0.25, 0.3) is 0 Å². The number of pyridine rings is 1. The fourth-order valence-electron chi connectivity index (χ4n) is 4.11. The van der Waals surface area contributed by atoms with Gasteiger partial charge in [0, 0.05) is 18.8 Å². The number of hydrogen-bond donors (Lipinski definition) is 0. The highest BCUT2D eigenvalue weighted by atomic mass is 16.5. The highest BCUT2D eigenvalue weighted by molar-refractivity contribution is 5.79. The van der Waals surface area contributed by atoms with Gasteiger partial charge in [-0.1, -0.05) is 13.8 Å². The molecule has 134 valence electrons. The molecule has 0 radical (unpaired) electrons. The van der Waals surface area contributed by atoms with Crippen molar-refractivity contribution >= 4 is 11.8 Å². The fourth-order valence-corrected chi connectivity index (χ4v) is 4.11. The van der Waals surface area contributed by atoms with E-state index in [2.05, 4.69) is 24.8 Å². The Morgan fingerprint density at radius 3 is 2.88 bits per heavy atom. The van der Waals surface area contributed by atoms with E-state index in [-0.39, 0.29) is 11.9 Å². The number of nitrogens with zero attached hydrogens (tertiary/aromatic N) is 3. The molecule has 1 atom stereocenters. The van der Waals surface area contributed by atoms with Gasteiger partial charge in [0.05, 0.1) is 17.6 Å². The quantitative estimate of drug-likeness (QED) is 0.787. The number of aryl methyl sites for hydroxylation is 2. The van der Waals surface area contributed by atoms with Crippen molar-refractivity contribution in [3.8, 4) is 6.07 Å². The van der Waals surface area contributed by atoms with Gasteiger partial charge in [0.1, 0.15) is 11.9 Å². The normalized spacial score (nSPS) is 22.6. The topological polar surface area (TPSA) is 66.2 Å². The van der Waals surface area contributed by atoms with E-state index in [4.69, 9.17) is 9.72 Å². The molecule has 3 rings (SSSR count). The number of anilines is 1. The van der Waals surface area contributed by atoms with Gasteiger partial charge in [-0.25, -0.2) is 4.98 Å². The molecular formula is C20H27N3O2. The predicted molar refractivity (Wildman–Crippen MR) is 96.3 cm³/mol. The van der Waals surface area contributed by atoms with E-state index in [1.807, 2.05) is 13.0 Å². The smallest absolute Gasteiger partial charge is 0.314 e. The van der Waals surface area contributed by atoms with E-state index in [9.17, 15) is 10.1 Å². The lowest BCUT2D eigenvalue weighted by molar-refractivity contribution is -0.156. The largest absolute Gasteiger partial charge is 0.466 e. The van der Waals surface area contributed by atoms with Crippen LogP contribution < -0.4 is 4.90 Å². The van der Waals surface area contributed by atoms with Crippen LogP contribution in [-0.2, 0) is 22.4 Å². The lowest BCUT2D eigenvalue weighted by Gasteiger charge is -2.31. The number of rotatable bonds is 4. The molecule has 2 aliphatic rings. The number of esters is 1. The SMILES string of the molecule is CCOC(=O)C1(C(C)C)CCN(c2nc3c(cc2C#N)CCCC3)C1. The van der Waals surface area contributed by atoms with E-state index in [1.165, 1.54) is 12.0 Å². The van der Waals surface area contributed by atoms with Gasteiger partial charge in [-0.15, -0.1) is 0 Å². The van der Waals surface area contributed by atoms with Gasteiger partial charge in [0.15, 0.2) is 0 Å². The Kier molecular flexibility index (Phi) is 4.99. The summed E-state index contributed by atoms with van der Waals surface area (Å²) in [5, 5.41) is 9.60. The number of carbonyl (C=O) groups excluding carboxylic acids is 1. The van der Waals surface area contributed by atoms with Crippen LogP contribution in [0, 0.1) is 22.7 Å². The van der Waals surface area contributed by atoms with E-state index >= 15 is 0 Å².